The minimum Gasteiger partial charge on any atom is -0.298 e. The Balaban J connectivity index is 1.84. The van der Waals surface area contributed by atoms with E-state index >= 15 is 0 Å². The van der Waals surface area contributed by atoms with Crippen molar-refractivity contribution in [3.63, 3.8) is 0 Å². The van der Waals surface area contributed by atoms with Crippen molar-refractivity contribution in [2.45, 2.75) is 44.4 Å². The van der Waals surface area contributed by atoms with Crippen LogP contribution in [0.25, 0.3) is 10.2 Å². The number of nitrogens with zero attached hydrogens (tertiary/aromatic N) is 2. The van der Waals surface area contributed by atoms with Gasteiger partial charge in [-0.3, -0.25) is 10.1 Å². The van der Waals surface area contributed by atoms with E-state index in [1.165, 1.54) is 11.3 Å². The number of sulfonamides is 1. The Bertz CT molecular complexity index is 1150. The molecule has 0 aliphatic heterocycles. The number of benzene rings is 2. The molecular weight excluding hydrogens is 498 g/mol. The number of thiazole rings is 1. The third kappa shape index (κ3) is 5.91. The van der Waals surface area contributed by atoms with Crippen LogP contribution in [0.1, 0.15) is 49.9 Å². The van der Waals surface area contributed by atoms with Gasteiger partial charge in [0.1, 0.15) is 0 Å². The molecule has 0 aliphatic rings. The van der Waals surface area contributed by atoms with E-state index in [0.29, 0.717) is 29.3 Å². The van der Waals surface area contributed by atoms with E-state index < -0.39 is 10.0 Å². The highest BCUT2D eigenvalue weighted by Crippen LogP contribution is 2.30. The molecule has 0 radical (unpaired) electrons. The lowest BCUT2D eigenvalue weighted by Gasteiger charge is -2.21. The number of hydrogen-bond acceptors (Lipinski definition) is 5. The van der Waals surface area contributed by atoms with E-state index in [4.69, 9.17) is 0 Å². The lowest BCUT2D eigenvalue weighted by Crippen LogP contribution is -2.33. The number of anilines is 1. The number of halogens is 1. The van der Waals surface area contributed by atoms with Gasteiger partial charge in [0.05, 0.1) is 15.1 Å². The average Bonchev–Trinajstić information content (AvgIpc) is 3.15. The molecule has 0 spiro atoms. The molecule has 0 aliphatic carbocycles. The van der Waals surface area contributed by atoms with Crippen LogP contribution < -0.4 is 5.32 Å². The predicted octanol–water partition coefficient (Wildman–Crippen LogP) is 5.90. The van der Waals surface area contributed by atoms with Gasteiger partial charge in [0.25, 0.3) is 5.91 Å². The smallest absolute Gasteiger partial charge is 0.257 e. The number of carbonyl (C=O) groups is 1. The lowest BCUT2D eigenvalue weighted by molar-refractivity contribution is 0.102. The van der Waals surface area contributed by atoms with Gasteiger partial charge in [0.15, 0.2) is 5.13 Å². The van der Waals surface area contributed by atoms with Crippen molar-refractivity contribution in [2.24, 2.45) is 0 Å². The normalized spacial score (nSPS) is 11.9. The fourth-order valence-corrected chi connectivity index (χ4v) is 6.01. The van der Waals surface area contributed by atoms with Gasteiger partial charge >= 0.3 is 0 Å². The first-order chi connectivity index (χ1) is 14.8. The summed E-state index contributed by atoms with van der Waals surface area (Å²) in [5.74, 6) is -0.265. The summed E-state index contributed by atoms with van der Waals surface area (Å²) in [5.41, 5.74) is 1.17. The summed E-state index contributed by atoms with van der Waals surface area (Å²) in [7, 11) is -3.58. The van der Waals surface area contributed by atoms with Gasteiger partial charge in [0, 0.05) is 23.1 Å². The molecule has 1 N–H and O–H groups in total. The fraction of sp³-hybridized carbons (Fsp3) is 0.364. The Morgan fingerprint density at radius 3 is 2.45 bits per heavy atom. The van der Waals surface area contributed by atoms with Crippen LogP contribution in [0.4, 0.5) is 5.13 Å². The summed E-state index contributed by atoms with van der Waals surface area (Å²) in [6, 6.07) is 12.0. The molecule has 6 nitrogen and oxygen atoms in total. The van der Waals surface area contributed by atoms with E-state index in [-0.39, 0.29) is 10.8 Å². The molecule has 0 unspecified atom stereocenters. The van der Waals surface area contributed by atoms with Crippen LogP contribution in [-0.2, 0) is 10.0 Å². The second-order valence-corrected chi connectivity index (χ2v) is 11.1. The molecule has 31 heavy (non-hydrogen) atoms. The van der Waals surface area contributed by atoms with Crippen molar-refractivity contribution in [2.75, 3.05) is 18.4 Å². The molecule has 0 fully saturated rings. The molecule has 0 saturated heterocycles. The Hall–Kier alpha value is -1.81. The van der Waals surface area contributed by atoms with Crippen molar-refractivity contribution in [1.82, 2.24) is 9.29 Å². The zero-order valence-corrected chi connectivity index (χ0v) is 20.8. The molecule has 1 aromatic heterocycles. The highest BCUT2D eigenvalue weighted by Gasteiger charge is 2.24. The highest BCUT2D eigenvalue weighted by molar-refractivity contribution is 9.10. The third-order valence-corrected chi connectivity index (χ3v) is 8.15. The molecule has 0 atom stereocenters. The summed E-state index contributed by atoms with van der Waals surface area (Å²) in [6.07, 6.45) is 3.54. The van der Waals surface area contributed by atoms with Crippen LogP contribution in [0.15, 0.2) is 51.8 Å². The number of rotatable bonds is 10. The molecule has 1 amide bonds. The molecule has 166 valence electrons. The zero-order valence-electron chi connectivity index (χ0n) is 17.6. The van der Waals surface area contributed by atoms with Crippen LogP contribution in [0, 0.1) is 0 Å². The molecule has 3 aromatic rings. The van der Waals surface area contributed by atoms with Crippen LogP contribution in [0.5, 0.6) is 0 Å². The maximum absolute atomic E-state index is 13.2. The zero-order chi connectivity index (χ0) is 22.4. The van der Waals surface area contributed by atoms with E-state index in [2.05, 4.69) is 40.1 Å². The Kier molecular flexibility index (Phi) is 8.21. The summed E-state index contributed by atoms with van der Waals surface area (Å²) in [6.45, 7) is 5.15. The number of hydrogen-bond donors (Lipinski definition) is 1. The predicted molar refractivity (Wildman–Crippen MR) is 130 cm³/mol. The number of aromatic nitrogens is 1. The largest absolute Gasteiger partial charge is 0.298 e. The summed E-state index contributed by atoms with van der Waals surface area (Å²) >= 11 is 4.62. The first kappa shape index (κ1) is 23.8. The molecule has 9 heteroatoms. The SMILES string of the molecule is CCCCN(CCCC)S(=O)(=O)c1ccc2nc(NC(=O)c3cccc(Br)c3)sc2c1. The van der Waals surface area contributed by atoms with Gasteiger partial charge in [-0.15, -0.1) is 0 Å². The fourth-order valence-electron chi connectivity index (χ4n) is 3.09. The van der Waals surface area contributed by atoms with Crippen molar-refractivity contribution in [3.05, 3.63) is 52.5 Å². The minimum atomic E-state index is -3.58. The first-order valence-electron chi connectivity index (χ1n) is 10.3. The van der Waals surface area contributed by atoms with Gasteiger partial charge in [-0.05, 0) is 49.2 Å². The second-order valence-electron chi connectivity index (χ2n) is 7.22. The maximum atomic E-state index is 13.2. The average molecular weight is 525 g/mol. The summed E-state index contributed by atoms with van der Waals surface area (Å²) < 4.78 is 29.6. The van der Waals surface area contributed by atoms with Crippen LogP contribution in [0.3, 0.4) is 0 Å². The lowest BCUT2D eigenvalue weighted by atomic mass is 10.2. The third-order valence-electron chi connectivity index (χ3n) is 4.83. The Morgan fingerprint density at radius 1 is 1.10 bits per heavy atom. The first-order valence-corrected chi connectivity index (χ1v) is 13.4. The van der Waals surface area contributed by atoms with Crippen molar-refractivity contribution >= 4 is 58.5 Å². The topological polar surface area (TPSA) is 79.4 Å². The van der Waals surface area contributed by atoms with E-state index in [1.807, 2.05) is 6.07 Å². The van der Waals surface area contributed by atoms with Crippen molar-refractivity contribution < 1.29 is 13.2 Å². The van der Waals surface area contributed by atoms with Gasteiger partial charge in [-0.25, -0.2) is 13.4 Å². The molecule has 1 heterocycles. The monoisotopic (exact) mass is 523 g/mol. The Morgan fingerprint density at radius 2 is 1.81 bits per heavy atom. The van der Waals surface area contributed by atoms with E-state index in [9.17, 15) is 13.2 Å². The summed E-state index contributed by atoms with van der Waals surface area (Å²) in [5, 5.41) is 3.23. The quantitative estimate of drug-likeness (QED) is 0.358. The number of nitrogens with one attached hydrogen (secondary N) is 1. The van der Waals surface area contributed by atoms with Gasteiger partial charge < -0.3 is 0 Å². The number of amides is 1. The van der Waals surface area contributed by atoms with E-state index in [0.717, 1.165) is 34.9 Å². The van der Waals surface area contributed by atoms with Crippen LogP contribution in [0.2, 0.25) is 0 Å². The molecule has 2 aromatic carbocycles. The van der Waals surface area contributed by atoms with Gasteiger partial charge in [-0.2, -0.15) is 4.31 Å². The molecule has 0 bridgehead atoms. The minimum absolute atomic E-state index is 0.265. The summed E-state index contributed by atoms with van der Waals surface area (Å²) in [4.78, 5) is 17.2. The second kappa shape index (κ2) is 10.7. The van der Waals surface area contributed by atoms with Gasteiger partial charge in [-0.1, -0.05) is 60.0 Å². The molecule has 3 rings (SSSR count). The van der Waals surface area contributed by atoms with Gasteiger partial charge in [0.2, 0.25) is 10.0 Å². The standard InChI is InChI=1S/C22H26BrN3O3S2/c1-3-5-12-26(13-6-4-2)31(28,29)18-10-11-19-20(15-18)30-22(24-19)25-21(27)16-8-7-9-17(23)14-16/h7-11,14-15H,3-6,12-13H2,1-2H3,(H,24,25,27). The maximum Gasteiger partial charge on any atom is 0.257 e. The number of fused-ring (bicyclic) bond motifs is 1. The van der Waals surface area contributed by atoms with Crippen LogP contribution in [-0.4, -0.2) is 36.7 Å². The molecular formula is C22H26BrN3O3S2. The number of unbranched alkanes of at least 4 members (excludes halogenated alkanes) is 2. The molecule has 0 saturated carbocycles. The van der Waals surface area contributed by atoms with E-state index in [1.54, 1.807) is 40.7 Å². The highest BCUT2D eigenvalue weighted by atomic mass is 79.9. The van der Waals surface area contributed by atoms with Crippen molar-refractivity contribution in [3.8, 4) is 0 Å². The van der Waals surface area contributed by atoms with Crippen molar-refractivity contribution in [1.29, 1.82) is 0 Å². The van der Waals surface area contributed by atoms with Crippen LogP contribution >= 0.6 is 27.3 Å². The Labute approximate surface area is 195 Å². The number of carbonyl (C=O) groups excluding carboxylic acids is 1.